The van der Waals surface area contributed by atoms with Crippen LogP contribution in [0.3, 0.4) is 0 Å². The van der Waals surface area contributed by atoms with Gasteiger partial charge in [0.2, 0.25) is 0 Å². The van der Waals surface area contributed by atoms with Gasteiger partial charge in [-0.3, -0.25) is 0 Å². The van der Waals surface area contributed by atoms with Gasteiger partial charge in [0, 0.05) is 28.0 Å². The van der Waals surface area contributed by atoms with Gasteiger partial charge in [-0.2, -0.15) is 0 Å². The largest absolute Gasteiger partial charge is 0.508 e. The van der Waals surface area contributed by atoms with Crippen molar-refractivity contribution in [1.82, 2.24) is 0 Å². The molecule has 1 aliphatic rings. The predicted octanol–water partition coefficient (Wildman–Crippen LogP) is 3.30. The molecule has 0 saturated carbocycles. The van der Waals surface area contributed by atoms with Crippen LogP contribution in [0.1, 0.15) is 41.0 Å². The van der Waals surface area contributed by atoms with Crippen LogP contribution in [0.2, 0.25) is 0 Å². The summed E-state index contributed by atoms with van der Waals surface area (Å²) in [6.07, 6.45) is -1.99. The molecule has 6 heteroatoms. The van der Waals surface area contributed by atoms with Crippen molar-refractivity contribution < 1.29 is 25.2 Å². The molecule has 4 unspecified atom stereocenters. The number of hydrogen-bond donors (Lipinski definition) is 4. The van der Waals surface area contributed by atoms with Gasteiger partial charge in [-0.05, 0) is 47.2 Å². The molecule has 2 heterocycles. The number of aryl methyl sites for hydroxylation is 1. The van der Waals surface area contributed by atoms with Crippen molar-refractivity contribution in [2.75, 3.05) is 6.61 Å². The highest BCUT2D eigenvalue weighted by Crippen LogP contribution is 2.39. The Balaban J connectivity index is 1.70. The number of aliphatic hydroxyl groups excluding tert-OH is 3. The molecule has 1 aromatic heterocycles. The van der Waals surface area contributed by atoms with Crippen LogP contribution in [0.5, 0.6) is 5.75 Å². The third-order valence-corrected chi connectivity index (χ3v) is 6.75. The van der Waals surface area contributed by atoms with E-state index in [0.29, 0.717) is 12.0 Å². The number of hydrogen-bond acceptors (Lipinski definition) is 6. The molecule has 1 fully saturated rings. The lowest BCUT2D eigenvalue weighted by Gasteiger charge is -2.37. The predicted molar refractivity (Wildman–Crippen MR) is 113 cm³/mol. The molecule has 1 saturated heterocycles. The summed E-state index contributed by atoms with van der Waals surface area (Å²) in [5.41, 5.74) is 2.54. The molecule has 3 aromatic rings. The zero-order valence-electron chi connectivity index (χ0n) is 16.3. The number of thiophene rings is 1. The van der Waals surface area contributed by atoms with Gasteiger partial charge in [0.05, 0.1) is 18.8 Å². The SMILES string of the molecule is CCc1cc(O)c(C2OC(CO)CC(O)C2O)cc1Cc1cc2ccccc2s1. The number of ether oxygens (including phenoxy) is 1. The number of fused-ring (bicyclic) bond motifs is 1. The normalized spacial score (nSPS) is 24.8. The van der Waals surface area contributed by atoms with E-state index in [4.69, 9.17) is 4.74 Å². The molecule has 0 aliphatic carbocycles. The Labute approximate surface area is 173 Å². The average molecular weight is 415 g/mol. The summed E-state index contributed by atoms with van der Waals surface area (Å²) >= 11 is 1.75. The van der Waals surface area contributed by atoms with Crippen molar-refractivity contribution in [1.29, 1.82) is 0 Å². The molecule has 2 aromatic carbocycles. The fraction of sp³-hybridized carbons (Fsp3) is 0.391. The Hall–Kier alpha value is -1.96. The van der Waals surface area contributed by atoms with Gasteiger partial charge in [0.25, 0.3) is 0 Å². The van der Waals surface area contributed by atoms with E-state index in [0.717, 1.165) is 17.5 Å². The maximum Gasteiger partial charge on any atom is 0.121 e. The first-order valence-corrected chi connectivity index (χ1v) is 10.8. The van der Waals surface area contributed by atoms with E-state index in [1.165, 1.54) is 15.0 Å². The quantitative estimate of drug-likeness (QED) is 0.514. The van der Waals surface area contributed by atoms with Gasteiger partial charge in [0.15, 0.2) is 0 Å². The van der Waals surface area contributed by atoms with E-state index in [2.05, 4.69) is 18.2 Å². The van der Waals surface area contributed by atoms with Crippen LogP contribution in [-0.2, 0) is 17.6 Å². The Morgan fingerprint density at radius 3 is 2.62 bits per heavy atom. The summed E-state index contributed by atoms with van der Waals surface area (Å²) in [4.78, 5) is 1.22. The molecule has 29 heavy (non-hydrogen) atoms. The molecular weight excluding hydrogens is 388 g/mol. The van der Waals surface area contributed by atoms with Crippen molar-refractivity contribution in [3.63, 3.8) is 0 Å². The minimum absolute atomic E-state index is 0.0387. The molecule has 4 N–H and O–H groups in total. The fourth-order valence-electron chi connectivity index (χ4n) is 4.06. The van der Waals surface area contributed by atoms with E-state index in [-0.39, 0.29) is 18.8 Å². The van der Waals surface area contributed by atoms with E-state index in [1.54, 1.807) is 17.4 Å². The standard InChI is InChI=1S/C23H26O5S/c1-2-13-10-19(25)18(23-22(27)20(26)11-16(12-24)28-23)9-15(13)8-17-7-14-5-3-4-6-21(14)29-17/h3-7,9-10,16,20,22-27H,2,8,11-12H2,1H3. The summed E-state index contributed by atoms with van der Waals surface area (Å²) in [5.74, 6) is 0.0387. The van der Waals surface area contributed by atoms with Gasteiger partial charge in [-0.25, -0.2) is 0 Å². The molecule has 0 bridgehead atoms. The Kier molecular flexibility index (Phi) is 5.90. The molecular formula is C23H26O5S. The molecule has 0 amide bonds. The van der Waals surface area contributed by atoms with Crippen molar-refractivity contribution in [2.24, 2.45) is 0 Å². The number of phenolic OH excluding ortho intramolecular Hbond substituents is 1. The second kappa shape index (κ2) is 8.42. The highest BCUT2D eigenvalue weighted by Gasteiger charge is 2.38. The summed E-state index contributed by atoms with van der Waals surface area (Å²) in [6.45, 7) is 1.79. The van der Waals surface area contributed by atoms with E-state index < -0.39 is 24.4 Å². The van der Waals surface area contributed by atoms with E-state index in [1.807, 2.05) is 25.1 Å². The van der Waals surface area contributed by atoms with Crippen LogP contribution in [-0.4, -0.2) is 45.3 Å². The average Bonchev–Trinajstić information content (AvgIpc) is 3.13. The molecule has 0 spiro atoms. The van der Waals surface area contributed by atoms with Gasteiger partial charge >= 0.3 is 0 Å². The maximum absolute atomic E-state index is 10.6. The maximum atomic E-state index is 10.6. The lowest BCUT2D eigenvalue weighted by molar-refractivity contribution is -0.180. The van der Waals surface area contributed by atoms with Gasteiger partial charge in [0.1, 0.15) is 18.0 Å². The molecule has 5 nitrogen and oxygen atoms in total. The van der Waals surface area contributed by atoms with Crippen molar-refractivity contribution in [3.05, 3.63) is 64.0 Å². The highest BCUT2D eigenvalue weighted by molar-refractivity contribution is 7.19. The Morgan fingerprint density at radius 2 is 1.90 bits per heavy atom. The Bertz CT molecular complexity index is 965. The number of phenols is 1. The number of aliphatic hydroxyl groups is 3. The van der Waals surface area contributed by atoms with E-state index in [9.17, 15) is 20.4 Å². The molecule has 154 valence electrons. The van der Waals surface area contributed by atoms with Gasteiger partial charge in [-0.1, -0.05) is 25.1 Å². The summed E-state index contributed by atoms with van der Waals surface area (Å²) < 4.78 is 7.03. The topological polar surface area (TPSA) is 90.2 Å². The van der Waals surface area contributed by atoms with Crippen LogP contribution >= 0.6 is 11.3 Å². The minimum atomic E-state index is -1.16. The van der Waals surface area contributed by atoms with E-state index >= 15 is 0 Å². The first-order chi connectivity index (χ1) is 14.0. The molecule has 0 radical (unpaired) electrons. The summed E-state index contributed by atoms with van der Waals surface area (Å²) in [5, 5.41) is 41.9. The molecule has 4 rings (SSSR count). The summed E-state index contributed by atoms with van der Waals surface area (Å²) in [7, 11) is 0. The lowest BCUT2D eigenvalue weighted by Crippen LogP contribution is -2.44. The first-order valence-electron chi connectivity index (χ1n) is 9.94. The van der Waals surface area contributed by atoms with Crippen molar-refractivity contribution >= 4 is 21.4 Å². The number of rotatable bonds is 5. The van der Waals surface area contributed by atoms with Gasteiger partial charge < -0.3 is 25.2 Å². The van der Waals surface area contributed by atoms with Crippen LogP contribution in [0, 0.1) is 0 Å². The third kappa shape index (κ3) is 4.04. The van der Waals surface area contributed by atoms with Crippen molar-refractivity contribution in [2.45, 2.75) is 50.6 Å². The smallest absolute Gasteiger partial charge is 0.121 e. The fourth-order valence-corrected chi connectivity index (χ4v) is 5.14. The Morgan fingerprint density at radius 1 is 1.10 bits per heavy atom. The van der Waals surface area contributed by atoms with Crippen LogP contribution < -0.4 is 0 Å². The molecule has 1 aliphatic heterocycles. The monoisotopic (exact) mass is 414 g/mol. The third-order valence-electron chi connectivity index (χ3n) is 5.63. The van der Waals surface area contributed by atoms with Crippen LogP contribution in [0.15, 0.2) is 42.5 Å². The zero-order valence-corrected chi connectivity index (χ0v) is 17.1. The van der Waals surface area contributed by atoms with Crippen molar-refractivity contribution in [3.8, 4) is 5.75 Å². The number of benzene rings is 2. The summed E-state index contributed by atoms with van der Waals surface area (Å²) in [6, 6.07) is 14.0. The first kappa shape index (κ1) is 20.3. The van der Waals surface area contributed by atoms with Crippen LogP contribution in [0.4, 0.5) is 0 Å². The number of aromatic hydroxyl groups is 1. The van der Waals surface area contributed by atoms with Gasteiger partial charge in [-0.15, -0.1) is 11.3 Å². The second-order valence-electron chi connectivity index (χ2n) is 7.62. The zero-order chi connectivity index (χ0) is 20.5. The van der Waals surface area contributed by atoms with Crippen LogP contribution in [0.25, 0.3) is 10.1 Å². The molecule has 4 atom stereocenters. The second-order valence-corrected chi connectivity index (χ2v) is 8.78. The lowest BCUT2D eigenvalue weighted by atomic mass is 9.89. The highest BCUT2D eigenvalue weighted by atomic mass is 32.1. The minimum Gasteiger partial charge on any atom is -0.508 e.